The average Bonchev–Trinajstić information content (AvgIpc) is 3.01. The van der Waals surface area contributed by atoms with Crippen LogP contribution in [0.3, 0.4) is 0 Å². The number of hydrogen-bond donors (Lipinski definition) is 1. The molecule has 12 heteroatoms. The Bertz CT molecular complexity index is 1720. The first-order valence-electron chi connectivity index (χ1n) is 14.2. The maximum absolute atomic E-state index is 12.3. The summed E-state index contributed by atoms with van der Waals surface area (Å²) in [7, 11) is 0. The van der Waals surface area contributed by atoms with E-state index in [4.69, 9.17) is 15.2 Å². The largest absolute Gasteiger partial charge is 0.399 e. The molecule has 2 aliphatic heterocycles. The lowest BCUT2D eigenvalue weighted by Gasteiger charge is -2.30. The molecule has 4 heterocycles. The van der Waals surface area contributed by atoms with Gasteiger partial charge in [-0.1, -0.05) is 0 Å². The molecule has 2 fully saturated rings. The topological polar surface area (TPSA) is 138 Å². The molecule has 0 amide bonds. The van der Waals surface area contributed by atoms with Crippen LogP contribution in [-0.4, -0.2) is 66.7 Å². The standard InChI is InChI=1S/C15H17N3O4.C15H19N3O2/c1-2-17-13-4-3-11(18(20)21)9-12(13)14(10-15(17)19)16-5-7-22-8-6-16;1-2-18-13-4-3-11(16)9-12(13)14(10-15(18)19)17-5-7-20-8-6-17/h3-4,9-10H,2,5-8H2,1H3;3-4,9-10H,2,5-8,16H2,1H3. The second-order valence-electron chi connectivity index (χ2n) is 10.2. The zero-order valence-corrected chi connectivity index (χ0v) is 24.0. The first kappa shape index (κ1) is 29.1. The van der Waals surface area contributed by atoms with Crippen molar-refractivity contribution >= 4 is 44.6 Å². The number of fused-ring (bicyclic) bond motifs is 2. The Morgan fingerprint density at radius 3 is 1.64 bits per heavy atom. The Labute approximate surface area is 242 Å². The van der Waals surface area contributed by atoms with Gasteiger partial charge < -0.3 is 34.1 Å². The smallest absolute Gasteiger partial charge is 0.270 e. The van der Waals surface area contributed by atoms with Gasteiger partial charge in [-0.05, 0) is 38.1 Å². The van der Waals surface area contributed by atoms with Gasteiger partial charge in [-0.3, -0.25) is 19.7 Å². The molecule has 222 valence electrons. The molecule has 2 aromatic heterocycles. The van der Waals surface area contributed by atoms with E-state index in [2.05, 4.69) is 9.80 Å². The fourth-order valence-corrected chi connectivity index (χ4v) is 5.64. The maximum atomic E-state index is 12.3. The Balaban J connectivity index is 0.000000169. The second-order valence-corrected chi connectivity index (χ2v) is 10.2. The van der Waals surface area contributed by atoms with E-state index in [9.17, 15) is 19.7 Å². The minimum atomic E-state index is -0.413. The summed E-state index contributed by atoms with van der Waals surface area (Å²) in [6, 6.07) is 13.7. The number of pyridine rings is 2. The van der Waals surface area contributed by atoms with Crippen LogP contribution in [0.25, 0.3) is 21.8 Å². The molecule has 0 saturated carbocycles. The summed E-state index contributed by atoms with van der Waals surface area (Å²) in [5.41, 5.74) is 9.98. The number of aryl methyl sites for hydroxylation is 2. The van der Waals surface area contributed by atoms with Gasteiger partial charge in [0.2, 0.25) is 0 Å². The number of hydrogen-bond acceptors (Lipinski definition) is 9. The predicted octanol–water partition coefficient (Wildman–Crippen LogP) is 3.21. The van der Waals surface area contributed by atoms with Crippen molar-refractivity contribution in [2.24, 2.45) is 0 Å². The number of nitrogens with zero attached hydrogens (tertiary/aromatic N) is 5. The first-order valence-corrected chi connectivity index (χ1v) is 14.2. The predicted molar refractivity (Wildman–Crippen MR) is 165 cm³/mol. The lowest BCUT2D eigenvalue weighted by atomic mass is 10.1. The Kier molecular flexibility index (Phi) is 8.74. The van der Waals surface area contributed by atoms with E-state index in [1.54, 1.807) is 33.4 Å². The number of nitrogens with two attached hydrogens (primary N) is 1. The van der Waals surface area contributed by atoms with Crippen molar-refractivity contribution in [1.29, 1.82) is 0 Å². The molecule has 4 aromatic rings. The fourth-order valence-electron chi connectivity index (χ4n) is 5.64. The molecule has 12 nitrogen and oxygen atoms in total. The minimum Gasteiger partial charge on any atom is -0.399 e. The highest BCUT2D eigenvalue weighted by atomic mass is 16.6. The summed E-state index contributed by atoms with van der Waals surface area (Å²) in [4.78, 5) is 39.5. The zero-order chi connectivity index (χ0) is 29.8. The van der Waals surface area contributed by atoms with Crippen molar-refractivity contribution in [2.75, 3.05) is 68.1 Å². The number of rotatable bonds is 5. The van der Waals surface area contributed by atoms with E-state index in [-0.39, 0.29) is 16.8 Å². The van der Waals surface area contributed by atoms with E-state index < -0.39 is 4.92 Å². The molecule has 0 atom stereocenters. The summed E-state index contributed by atoms with van der Waals surface area (Å²) in [5, 5.41) is 12.8. The zero-order valence-electron chi connectivity index (χ0n) is 24.0. The van der Waals surface area contributed by atoms with Crippen LogP contribution in [0.15, 0.2) is 58.1 Å². The Morgan fingerprint density at radius 1 is 0.738 bits per heavy atom. The molecular formula is C30H36N6O6. The molecule has 0 spiro atoms. The highest BCUT2D eigenvalue weighted by Crippen LogP contribution is 2.30. The minimum absolute atomic E-state index is 0.0308. The van der Waals surface area contributed by atoms with Gasteiger partial charge >= 0.3 is 0 Å². The van der Waals surface area contributed by atoms with Gasteiger partial charge in [0.1, 0.15) is 0 Å². The molecule has 6 rings (SSSR count). The summed E-state index contributed by atoms with van der Waals surface area (Å²) in [6.07, 6.45) is 0. The third-order valence-electron chi connectivity index (χ3n) is 7.73. The lowest BCUT2D eigenvalue weighted by molar-refractivity contribution is -0.384. The van der Waals surface area contributed by atoms with Crippen LogP contribution in [0, 0.1) is 10.1 Å². The Morgan fingerprint density at radius 2 is 1.19 bits per heavy atom. The number of morpholine rings is 2. The monoisotopic (exact) mass is 576 g/mol. The molecule has 0 unspecified atom stereocenters. The lowest BCUT2D eigenvalue weighted by Crippen LogP contribution is -2.37. The van der Waals surface area contributed by atoms with E-state index in [1.165, 1.54) is 6.07 Å². The number of anilines is 3. The molecule has 0 aliphatic carbocycles. The van der Waals surface area contributed by atoms with Gasteiger partial charge in [0.15, 0.2) is 0 Å². The van der Waals surface area contributed by atoms with Crippen molar-refractivity contribution in [3.63, 3.8) is 0 Å². The number of ether oxygens (including phenoxy) is 2. The third kappa shape index (κ3) is 5.81. The highest BCUT2D eigenvalue weighted by Gasteiger charge is 2.19. The van der Waals surface area contributed by atoms with E-state index in [1.807, 2.05) is 32.0 Å². The van der Waals surface area contributed by atoms with Crippen molar-refractivity contribution in [1.82, 2.24) is 9.13 Å². The molecule has 2 aromatic carbocycles. The van der Waals surface area contributed by atoms with Gasteiger partial charge in [-0.2, -0.15) is 0 Å². The summed E-state index contributed by atoms with van der Waals surface area (Å²) in [6.45, 7) is 10.6. The number of nitrogen functional groups attached to an aromatic ring is 1. The summed E-state index contributed by atoms with van der Waals surface area (Å²) < 4.78 is 14.1. The van der Waals surface area contributed by atoms with Gasteiger partial charge in [-0.25, -0.2) is 0 Å². The number of benzene rings is 2. The quantitative estimate of drug-likeness (QED) is 0.216. The van der Waals surface area contributed by atoms with Gasteiger partial charge in [0.25, 0.3) is 16.8 Å². The Hall–Kier alpha value is -4.42. The van der Waals surface area contributed by atoms with E-state index >= 15 is 0 Å². The van der Waals surface area contributed by atoms with Crippen LogP contribution in [0.1, 0.15) is 13.8 Å². The van der Waals surface area contributed by atoms with Crippen LogP contribution >= 0.6 is 0 Å². The molecule has 0 bridgehead atoms. The summed E-state index contributed by atoms with van der Waals surface area (Å²) in [5.74, 6) is 0. The van der Waals surface area contributed by atoms with Gasteiger partial charge in [0, 0.05) is 80.0 Å². The van der Waals surface area contributed by atoms with Crippen LogP contribution in [0.2, 0.25) is 0 Å². The average molecular weight is 577 g/mol. The van der Waals surface area contributed by atoms with Crippen LogP contribution in [0.5, 0.6) is 0 Å². The van der Waals surface area contributed by atoms with Crippen LogP contribution in [0.4, 0.5) is 22.7 Å². The molecule has 2 N–H and O–H groups in total. The fraction of sp³-hybridized carbons (Fsp3) is 0.400. The van der Waals surface area contributed by atoms with Gasteiger partial charge in [0.05, 0.1) is 53.8 Å². The number of non-ortho nitro benzene ring substituents is 1. The maximum Gasteiger partial charge on any atom is 0.270 e. The van der Waals surface area contributed by atoms with Crippen molar-refractivity contribution < 1.29 is 14.4 Å². The van der Waals surface area contributed by atoms with Gasteiger partial charge in [-0.15, -0.1) is 0 Å². The summed E-state index contributed by atoms with van der Waals surface area (Å²) >= 11 is 0. The molecule has 0 radical (unpaired) electrons. The van der Waals surface area contributed by atoms with Crippen LogP contribution < -0.4 is 26.7 Å². The van der Waals surface area contributed by atoms with Crippen molar-refractivity contribution in [3.05, 3.63) is 79.4 Å². The molecule has 2 saturated heterocycles. The third-order valence-corrected chi connectivity index (χ3v) is 7.73. The normalized spacial score (nSPS) is 15.5. The van der Waals surface area contributed by atoms with E-state index in [0.29, 0.717) is 58.3 Å². The van der Waals surface area contributed by atoms with Crippen molar-refractivity contribution in [2.45, 2.75) is 26.9 Å². The van der Waals surface area contributed by atoms with Crippen molar-refractivity contribution in [3.8, 4) is 0 Å². The second kappa shape index (κ2) is 12.6. The van der Waals surface area contributed by atoms with E-state index in [0.717, 1.165) is 46.3 Å². The molecule has 2 aliphatic rings. The molecule has 42 heavy (non-hydrogen) atoms. The SMILES string of the molecule is CCn1c(=O)cc(N2CCOCC2)c2cc(N)ccc21.CCn1c(=O)cc(N2CCOCC2)c2cc([N+](=O)[O-])ccc21. The number of aromatic nitrogens is 2. The number of nitro groups is 1. The molecular weight excluding hydrogens is 540 g/mol. The first-order chi connectivity index (χ1) is 20.3. The highest BCUT2D eigenvalue weighted by molar-refractivity contribution is 5.94. The van der Waals surface area contributed by atoms with Crippen LogP contribution in [-0.2, 0) is 22.6 Å². The number of nitro benzene ring substituents is 1.